The van der Waals surface area contributed by atoms with Crippen LogP contribution in [-0.4, -0.2) is 44.4 Å². The van der Waals surface area contributed by atoms with E-state index in [0.29, 0.717) is 17.5 Å². The van der Waals surface area contributed by atoms with E-state index in [4.69, 9.17) is 0 Å². The number of carbonyl (C=O) groups is 1. The SMILES string of the molecule is O=C(CSc1n[nH]c(=O)n1Cc1ccccc1)N1CCCCC1. The van der Waals surface area contributed by atoms with E-state index in [1.807, 2.05) is 35.2 Å². The summed E-state index contributed by atoms with van der Waals surface area (Å²) < 4.78 is 1.57. The maximum atomic E-state index is 12.2. The fourth-order valence-electron chi connectivity index (χ4n) is 2.68. The Morgan fingerprint density at radius 1 is 1.17 bits per heavy atom. The molecule has 0 radical (unpaired) electrons. The van der Waals surface area contributed by atoms with Crippen LogP contribution in [0.25, 0.3) is 0 Å². The number of thioether (sulfide) groups is 1. The third kappa shape index (κ3) is 4.04. The van der Waals surface area contributed by atoms with Gasteiger partial charge < -0.3 is 4.90 Å². The van der Waals surface area contributed by atoms with Gasteiger partial charge in [-0.2, -0.15) is 0 Å². The van der Waals surface area contributed by atoms with Gasteiger partial charge in [0.1, 0.15) is 0 Å². The molecule has 2 aromatic rings. The summed E-state index contributed by atoms with van der Waals surface area (Å²) in [4.78, 5) is 26.1. The molecule has 1 aromatic carbocycles. The normalized spacial score (nSPS) is 14.9. The van der Waals surface area contributed by atoms with Crippen molar-refractivity contribution >= 4 is 17.7 Å². The van der Waals surface area contributed by atoms with Crippen LogP contribution in [0.1, 0.15) is 24.8 Å². The number of amides is 1. The van der Waals surface area contributed by atoms with E-state index < -0.39 is 0 Å². The first kappa shape index (κ1) is 15.9. The van der Waals surface area contributed by atoms with Gasteiger partial charge in [0.2, 0.25) is 5.91 Å². The number of carbonyl (C=O) groups excluding carboxylic acids is 1. The lowest BCUT2D eigenvalue weighted by Crippen LogP contribution is -2.36. The zero-order valence-electron chi connectivity index (χ0n) is 12.9. The van der Waals surface area contributed by atoms with Gasteiger partial charge >= 0.3 is 5.69 Å². The van der Waals surface area contributed by atoms with Crippen molar-refractivity contribution in [2.24, 2.45) is 0 Å². The fraction of sp³-hybridized carbons (Fsp3) is 0.438. The Labute approximate surface area is 138 Å². The minimum absolute atomic E-state index is 0.122. The summed E-state index contributed by atoms with van der Waals surface area (Å²) in [5.41, 5.74) is 0.780. The molecule has 23 heavy (non-hydrogen) atoms. The second kappa shape index (κ2) is 7.50. The van der Waals surface area contributed by atoms with E-state index >= 15 is 0 Å². The topological polar surface area (TPSA) is 71.0 Å². The molecule has 1 aliphatic rings. The van der Waals surface area contributed by atoms with Gasteiger partial charge in [-0.25, -0.2) is 9.89 Å². The van der Waals surface area contributed by atoms with Gasteiger partial charge in [0.25, 0.3) is 0 Å². The highest BCUT2D eigenvalue weighted by molar-refractivity contribution is 7.99. The molecule has 0 unspecified atom stereocenters. The molecule has 1 aromatic heterocycles. The van der Waals surface area contributed by atoms with Crippen LogP contribution in [0.3, 0.4) is 0 Å². The number of aromatic amines is 1. The number of likely N-dealkylation sites (tertiary alicyclic amines) is 1. The maximum Gasteiger partial charge on any atom is 0.344 e. The van der Waals surface area contributed by atoms with Gasteiger partial charge in [0, 0.05) is 13.1 Å². The highest BCUT2D eigenvalue weighted by Gasteiger charge is 2.18. The zero-order chi connectivity index (χ0) is 16.1. The summed E-state index contributed by atoms with van der Waals surface area (Å²) in [6.45, 7) is 2.14. The van der Waals surface area contributed by atoms with Crippen LogP contribution in [0.2, 0.25) is 0 Å². The number of nitrogens with one attached hydrogen (secondary N) is 1. The minimum Gasteiger partial charge on any atom is -0.342 e. The third-order valence-corrected chi connectivity index (χ3v) is 4.90. The molecule has 122 valence electrons. The van der Waals surface area contributed by atoms with Crippen LogP contribution in [0, 0.1) is 0 Å². The van der Waals surface area contributed by atoms with Crippen molar-refractivity contribution in [3.05, 3.63) is 46.4 Å². The van der Waals surface area contributed by atoms with Gasteiger partial charge in [-0.05, 0) is 24.8 Å². The van der Waals surface area contributed by atoms with Crippen molar-refractivity contribution in [1.29, 1.82) is 0 Å². The number of aromatic nitrogens is 3. The van der Waals surface area contributed by atoms with E-state index in [2.05, 4.69) is 10.2 Å². The molecule has 1 amide bonds. The Morgan fingerprint density at radius 2 is 1.91 bits per heavy atom. The third-order valence-electron chi connectivity index (χ3n) is 3.94. The van der Waals surface area contributed by atoms with Gasteiger partial charge in [-0.1, -0.05) is 42.1 Å². The fourth-order valence-corrected chi connectivity index (χ4v) is 3.53. The first-order valence-corrected chi connectivity index (χ1v) is 8.82. The molecule has 0 spiro atoms. The first-order chi connectivity index (χ1) is 11.2. The number of hydrogen-bond donors (Lipinski definition) is 1. The Balaban J connectivity index is 1.64. The summed E-state index contributed by atoms with van der Waals surface area (Å²) in [5.74, 6) is 0.440. The van der Waals surface area contributed by atoms with Crippen molar-refractivity contribution in [3.8, 4) is 0 Å². The molecule has 6 nitrogen and oxygen atoms in total. The molecule has 0 saturated carbocycles. The number of rotatable bonds is 5. The van der Waals surface area contributed by atoms with Crippen LogP contribution < -0.4 is 5.69 Å². The van der Waals surface area contributed by atoms with Crippen LogP contribution in [-0.2, 0) is 11.3 Å². The smallest absolute Gasteiger partial charge is 0.342 e. The molecular weight excluding hydrogens is 312 g/mol. The number of benzene rings is 1. The Bertz CT molecular complexity index is 704. The van der Waals surface area contributed by atoms with Crippen LogP contribution in [0.4, 0.5) is 0 Å². The second-order valence-corrected chi connectivity index (χ2v) is 6.56. The van der Waals surface area contributed by atoms with E-state index in [-0.39, 0.29) is 11.6 Å². The van der Waals surface area contributed by atoms with Crippen LogP contribution in [0.5, 0.6) is 0 Å². The van der Waals surface area contributed by atoms with Crippen LogP contribution >= 0.6 is 11.8 Å². The van der Waals surface area contributed by atoms with Crippen molar-refractivity contribution in [3.63, 3.8) is 0 Å². The molecule has 1 fully saturated rings. The number of hydrogen-bond acceptors (Lipinski definition) is 4. The average Bonchev–Trinajstić information content (AvgIpc) is 2.94. The zero-order valence-corrected chi connectivity index (χ0v) is 13.7. The largest absolute Gasteiger partial charge is 0.344 e. The van der Waals surface area contributed by atoms with Crippen LogP contribution in [0.15, 0.2) is 40.3 Å². The van der Waals surface area contributed by atoms with Crippen molar-refractivity contribution in [1.82, 2.24) is 19.7 Å². The summed E-state index contributed by atoms with van der Waals surface area (Å²) >= 11 is 1.32. The summed E-state index contributed by atoms with van der Waals surface area (Å²) in [6.07, 6.45) is 3.36. The number of piperidine rings is 1. The van der Waals surface area contributed by atoms with Gasteiger partial charge in [-0.15, -0.1) is 5.10 Å². The first-order valence-electron chi connectivity index (χ1n) is 7.84. The van der Waals surface area contributed by atoms with Crippen molar-refractivity contribution in [2.45, 2.75) is 31.0 Å². The summed E-state index contributed by atoms with van der Waals surface area (Å²) in [6, 6.07) is 9.74. The molecule has 0 bridgehead atoms. The van der Waals surface area contributed by atoms with E-state index in [1.54, 1.807) is 4.57 Å². The van der Waals surface area contributed by atoms with Gasteiger partial charge in [0.15, 0.2) is 5.16 Å². The quantitative estimate of drug-likeness (QED) is 0.847. The summed E-state index contributed by atoms with van der Waals surface area (Å²) in [5, 5.41) is 7.08. The Morgan fingerprint density at radius 3 is 2.65 bits per heavy atom. The van der Waals surface area contributed by atoms with Gasteiger partial charge in [-0.3, -0.25) is 9.36 Å². The van der Waals surface area contributed by atoms with Gasteiger partial charge in [0.05, 0.1) is 12.3 Å². The average molecular weight is 332 g/mol. The van der Waals surface area contributed by atoms with Crippen molar-refractivity contribution in [2.75, 3.05) is 18.8 Å². The lowest BCUT2D eigenvalue weighted by Gasteiger charge is -2.26. The second-order valence-electron chi connectivity index (χ2n) is 5.61. The Hall–Kier alpha value is -2.02. The molecular formula is C16H20N4O2S. The van der Waals surface area contributed by atoms with E-state index in [1.165, 1.54) is 18.2 Å². The number of H-pyrrole nitrogens is 1. The highest BCUT2D eigenvalue weighted by atomic mass is 32.2. The molecule has 2 heterocycles. The van der Waals surface area contributed by atoms with E-state index in [9.17, 15) is 9.59 Å². The summed E-state index contributed by atoms with van der Waals surface area (Å²) in [7, 11) is 0. The Kier molecular flexibility index (Phi) is 5.17. The standard InChI is InChI=1S/C16H20N4O2S/c21-14(19-9-5-2-6-10-19)12-23-16-18-17-15(22)20(16)11-13-7-3-1-4-8-13/h1,3-4,7-8H,2,5-6,9-12H2,(H,17,22). The lowest BCUT2D eigenvalue weighted by atomic mass is 10.1. The molecule has 1 saturated heterocycles. The highest BCUT2D eigenvalue weighted by Crippen LogP contribution is 2.17. The monoisotopic (exact) mass is 332 g/mol. The molecule has 1 N–H and O–H groups in total. The predicted octanol–water partition coefficient (Wildman–Crippen LogP) is 1.72. The molecule has 7 heteroatoms. The number of nitrogens with zero attached hydrogens (tertiary/aromatic N) is 3. The molecule has 3 rings (SSSR count). The maximum absolute atomic E-state index is 12.2. The van der Waals surface area contributed by atoms with E-state index in [0.717, 1.165) is 31.5 Å². The minimum atomic E-state index is -0.248. The molecule has 0 atom stereocenters. The molecule has 0 aliphatic carbocycles. The molecule has 1 aliphatic heterocycles. The lowest BCUT2D eigenvalue weighted by molar-refractivity contribution is -0.129. The predicted molar refractivity (Wildman–Crippen MR) is 89.5 cm³/mol. The van der Waals surface area contributed by atoms with Crippen molar-refractivity contribution < 1.29 is 4.79 Å².